The van der Waals surface area contributed by atoms with Crippen LogP contribution >= 0.6 is 40.7 Å². The first-order valence-corrected chi connectivity index (χ1v) is 8.15. The van der Waals surface area contributed by atoms with Crippen LogP contribution in [0.25, 0.3) is 0 Å². The molecule has 0 aliphatic heterocycles. The molecule has 0 radical (unpaired) electrons. The van der Waals surface area contributed by atoms with Crippen molar-refractivity contribution in [1.82, 2.24) is 4.98 Å². The van der Waals surface area contributed by atoms with Gasteiger partial charge in [-0.1, -0.05) is 6.07 Å². The maximum absolute atomic E-state index is 3.78. The van der Waals surface area contributed by atoms with Crippen LogP contribution in [0.3, 0.4) is 0 Å². The van der Waals surface area contributed by atoms with Gasteiger partial charge in [0.25, 0.3) is 0 Å². The second-order valence-corrected chi connectivity index (χ2v) is 9.02. The minimum Gasteiger partial charge on any atom is -0.265 e. The van der Waals surface area contributed by atoms with E-state index in [-0.39, 0.29) is 0 Å². The third kappa shape index (κ3) is 9.13. The Morgan fingerprint density at radius 2 is 1.44 bits per heavy atom. The van der Waals surface area contributed by atoms with Gasteiger partial charge in [-0.2, -0.15) is 0 Å². The Bertz CT molecular complexity index is 97.8. The summed E-state index contributed by atoms with van der Waals surface area (Å²) in [5, 5.41) is 0. The largest absolute Gasteiger partial charge is 0.265 e. The Labute approximate surface area is 83.7 Å². The summed E-state index contributed by atoms with van der Waals surface area (Å²) in [5.74, 6) is 0. The van der Waals surface area contributed by atoms with E-state index in [1.165, 1.54) is 0 Å². The van der Waals surface area contributed by atoms with Gasteiger partial charge in [-0.05, 0) is 12.1 Å². The van der Waals surface area contributed by atoms with E-state index in [9.17, 15) is 0 Å². The molecular weight excluding hydrogens is 391 g/mol. The van der Waals surface area contributed by atoms with Crippen LogP contribution < -0.4 is 0 Å². The zero-order valence-corrected chi connectivity index (χ0v) is 9.65. The van der Waals surface area contributed by atoms with Gasteiger partial charge in [0, 0.05) is 12.4 Å². The summed E-state index contributed by atoms with van der Waals surface area (Å²) in [5.41, 5.74) is 0. The van der Waals surface area contributed by atoms with Crippen molar-refractivity contribution in [2.45, 2.75) is 0 Å². The first kappa shape index (κ1) is 10.1. The van der Waals surface area contributed by atoms with E-state index < -0.39 is 0 Å². The molecule has 1 aromatic heterocycles. The van der Waals surface area contributed by atoms with E-state index in [0.29, 0.717) is 0 Å². The van der Waals surface area contributed by atoms with Gasteiger partial charge in [0.15, 0.2) is 0 Å². The summed E-state index contributed by atoms with van der Waals surface area (Å²) in [4.78, 5) is 3.78. The van der Waals surface area contributed by atoms with Crippen molar-refractivity contribution < 1.29 is 8.46 Å². The van der Waals surface area contributed by atoms with Gasteiger partial charge in [-0.25, -0.2) is 0 Å². The normalized spacial score (nSPS) is 7.78. The summed E-state index contributed by atoms with van der Waals surface area (Å²) >= 11 is 4.36. The predicted molar refractivity (Wildman–Crippen MR) is 52.3 cm³/mol. The molecule has 4 heteroatoms. The van der Waals surface area contributed by atoms with Crippen molar-refractivity contribution in [3.8, 4) is 0 Å². The summed E-state index contributed by atoms with van der Waals surface area (Å²) in [6.07, 6.45) is 3.50. The average Bonchev–Trinajstić information content (AvgIpc) is 1.93. The molecule has 0 N–H and O–H groups in total. The molecule has 1 heterocycles. The first-order chi connectivity index (χ1) is 4.41. The molecule has 1 rings (SSSR count). The smallest absolute Gasteiger partial charge is 0.0267 e. The second kappa shape index (κ2) is 9.13. The first-order valence-electron chi connectivity index (χ1n) is 2.08. The Morgan fingerprint density at radius 1 is 1.00 bits per heavy atom. The summed E-state index contributed by atoms with van der Waals surface area (Å²) in [7, 11) is 1.75. The minimum atomic E-state index is 1.75. The second-order valence-electron chi connectivity index (χ2n) is 1.07. The molecule has 0 atom stereocenters. The van der Waals surface area contributed by atoms with Gasteiger partial charge < -0.3 is 0 Å². The Morgan fingerprint density at radius 3 is 1.56 bits per heavy atom. The number of hydrogen-bond donors (Lipinski definition) is 0. The van der Waals surface area contributed by atoms with Gasteiger partial charge in [0.1, 0.15) is 0 Å². The standard InChI is InChI=1S/C5H5N.Cu.2HI/c1-2-4-6-5-3-1;;;/h1-5H;;2*1H/q;+2;;/p-2. The number of pyridine rings is 1. The van der Waals surface area contributed by atoms with Crippen LogP contribution in [0.5, 0.6) is 0 Å². The molecule has 0 saturated heterocycles. The van der Waals surface area contributed by atoms with Crippen LogP contribution in [0.2, 0.25) is 0 Å². The molecule has 0 amide bonds. The van der Waals surface area contributed by atoms with E-state index in [1.54, 1.807) is 20.9 Å². The molecule has 0 aromatic carbocycles. The molecule has 0 unspecified atom stereocenters. The fourth-order valence-electron chi connectivity index (χ4n) is 0.313. The molecular formula is C5H5CuI2N. The molecule has 9 heavy (non-hydrogen) atoms. The van der Waals surface area contributed by atoms with E-state index in [2.05, 4.69) is 45.7 Å². The summed E-state index contributed by atoms with van der Waals surface area (Å²) < 4.78 is 0. The van der Waals surface area contributed by atoms with Gasteiger partial charge in [0.2, 0.25) is 0 Å². The number of rotatable bonds is 0. The third-order valence-corrected chi connectivity index (χ3v) is 0.566. The molecule has 0 aliphatic rings. The molecule has 0 spiro atoms. The van der Waals surface area contributed by atoms with E-state index in [1.807, 2.05) is 18.2 Å². The van der Waals surface area contributed by atoms with Crippen LogP contribution in [0.4, 0.5) is 0 Å². The Kier molecular flexibility index (Phi) is 10.3. The number of aromatic nitrogens is 1. The van der Waals surface area contributed by atoms with Gasteiger partial charge >= 0.3 is 49.1 Å². The van der Waals surface area contributed by atoms with E-state index in [0.717, 1.165) is 0 Å². The minimum absolute atomic E-state index is 1.75. The number of halogens is 2. The van der Waals surface area contributed by atoms with Crippen molar-refractivity contribution in [1.29, 1.82) is 0 Å². The molecule has 0 aliphatic carbocycles. The Hall–Kier alpha value is 1.13. The number of nitrogens with zero attached hydrogens (tertiary/aromatic N) is 1. The fraction of sp³-hybridized carbons (Fsp3) is 0. The fourth-order valence-corrected chi connectivity index (χ4v) is 0.313. The molecule has 1 aromatic rings. The van der Waals surface area contributed by atoms with Gasteiger partial charge in [0.05, 0.1) is 0 Å². The quantitative estimate of drug-likeness (QED) is 0.486. The average molecular weight is 396 g/mol. The van der Waals surface area contributed by atoms with Crippen LogP contribution in [0, 0.1) is 0 Å². The van der Waals surface area contributed by atoms with Gasteiger partial charge in [-0.3, -0.25) is 4.98 Å². The van der Waals surface area contributed by atoms with Crippen LogP contribution in [-0.2, 0) is 8.46 Å². The van der Waals surface area contributed by atoms with Crippen molar-refractivity contribution in [2.75, 3.05) is 0 Å². The zero-order valence-electron chi connectivity index (χ0n) is 4.39. The van der Waals surface area contributed by atoms with E-state index >= 15 is 0 Å². The Balaban J connectivity index is 0.000000187. The monoisotopic (exact) mass is 396 g/mol. The predicted octanol–water partition coefficient (Wildman–Crippen LogP) is 2.85. The van der Waals surface area contributed by atoms with Crippen molar-refractivity contribution >= 4 is 40.7 Å². The number of hydrogen-bond acceptors (Lipinski definition) is 1. The summed E-state index contributed by atoms with van der Waals surface area (Å²) in [6.45, 7) is 0. The van der Waals surface area contributed by atoms with Crippen molar-refractivity contribution in [3.05, 3.63) is 30.6 Å². The summed E-state index contributed by atoms with van der Waals surface area (Å²) in [6, 6.07) is 5.72. The molecule has 0 saturated carbocycles. The maximum Gasteiger partial charge on any atom is 0.0267 e. The third-order valence-electron chi connectivity index (χ3n) is 0.566. The van der Waals surface area contributed by atoms with Crippen LogP contribution in [-0.4, -0.2) is 4.98 Å². The van der Waals surface area contributed by atoms with E-state index in [4.69, 9.17) is 0 Å². The van der Waals surface area contributed by atoms with Crippen LogP contribution in [0.1, 0.15) is 0 Å². The topological polar surface area (TPSA) is 12.9 Å². The molecule has 1 nitrogen and oxygen atoms in total. The molecule has 0 fully saturated rings. The van der Waals surface area contributed by atoms with Crippen LogP contribution in [0.15, 0.2) is 30.6 Å². The maximum atomic E-state index is 3.78. The van der Waals surface area contributed by atoms with Gasteiger partial charge in [-0.15, -0.1) is 0 Å². The molecule has 0 bridgehead atoms. The molecule has 55 valence electrons. The SMILES string of the molecule is [I][Cu][I].c1ccncc1. The van der Waals surface area contributed by atoms with Crippen molar-refractivity contribution in [2.24, 2.45) is 0 Å². The zero-order chi connectivity index (χ0) is 6.95. The van der Waals surface area contributed by atoms with Crippen molar-refractivity contribution in [3.63, 3.8) is 0 Å².